The number of benzene rings is 2. The van der Waals surface area contributed by atoms with Crippen molar-refractivity contribution in [2.75, 3.05) is 32.8 Å². The Labute approximate surface area is 221 Å². The lowest BCUT2D eigenvalue weighted by molar-refractivity contribution is -0.140. The molecule has 0 radical (unpaired) electrons. The molecule has 37 heavy (non-hydrogen) atoms. The first-order valence-electron chi connectivity index (χ1n) is 13.7. The summed E-state index contributed by atoms with van der Waals surface area (Å²) in [5.74, 6) is -0.594. The minimum absolute atomic E-state index is 0.132. The molecule has 1 amide bonds. The number of rotatable bonds is 14. The third-order valence-electron chi connectivity index (χ3n) is 6.90. The van der Waals surface area contributed by atoms with Crippen molar-refractivity contribution in [3.63, 3.8) is 0 Å². The summed E-state index contributed by atoms with van der Waals surface area (Å²) >= 11 is 0. The lowest BCUT2D eigenvalue weighted by Gasteiger charge is -2.27. The van der Waals surface area contributed by atoms with Crippen molar-refractivity contribution in [3.05, 3.63) is 70.8 Å². The van der Waals surface area contributed by atoms with Crippen LogP contribution >= 0.6 is 0 Å². The second-order valence-corrected chi connectivity index (χ2v) is 9.76. The van der Waals surface area contributed by atoms with Gasteiger partial charge in [0.2, 0.25) is 0 Å². The van der Waals surface area contributed by atoms with Crippen LogP contribution < -0.4 is 4.74 Å². The third-order valence-corrected chi connectivity index (χ3v) is 6.90. The minimum Gasteiger partial charge on any atom is -0.507 e. The molecule has 1 N–H and O–H groups in total. The molecule has 1 aliphatic rings. The molecule has 6 nitrogen and oxygen atoms in total. The molecule has 200 valence electrons. The van der Waals surface area contributed by atoms with E-state index >= 15 is 0 Å². The predicted octanol–water partition coefficient (Wildman–Crippen LogP) is 6.11. The Morgan fingerprint density at radius 3 is 2.05 bits per heavy atom. The zero-order chi connectivity index (χ0) is 26.8. The molecule has 0 bridgehead atoms. The van der Waals surface area contributed by atoms with Crippen LogP contribution in [0.15, 0.2) is 54.1 Å². The molecule has 6 heteroatoms. The first kappa shape index (κ1) is 28.5. The molecule has 0 aliphatic carbocycles. The van der Waals surface area contributed by atoms with E-state index in [-0.39, 0.29) is 11.3 Å². The van der Waals surface area contributed by atoms with Gasteiger partial charge in [0.1, 0.15) is 11.5 Å². The van der Waals surface area contributed by atoms with Gasteiger partial charge in [-0.25, -0.2) is 0 Å². The Morgan fingerprint density at radius 2 is 1.49 bits per heavy atom. The van der Waals surface area contributed by atoms with E-state index in [1.54, 1.807) is 17.0 Å². The van der Waals surface area contributed by atoms with Gasteiger partial charge in [0.05, 0.1) is 18.2 Å². The number of ether oxygens (including phenoxy) is 1. The summed E-state index contributed by atoms with van der Waals surface area (Å²) in [4.78, 5) is 30.7. The lowest BCUT2D eigenvalue weighted by Crippen LogP contribution is -2.34. The van der Waals surface area contributed by atoms with Crippen molar-refractivity contribution in [1.82, 2.24) is 9.80 Å². The van der Waals surface area contributed by atoms with E-state index in [9.17, 15) is 14.7 Å². The van der Waals surface area contributed by atoms with Crippen molar-refractivity contribution >= 4 is 17.4 Å². The standard InChI is InChI=1S/C31H42N2O4/c1-5-8-19-32(20-9-6-2)21-10-22-33-28(24-15-17-26(18-16-24)37-7-3)27(30(35)31(33)36)29(34)25-13-11-23(4)12-14-25/h11-18,28,34H,5-10,19-22H2,1-4H3/t28-/m0/s1. The Bertz CT molecular complexity index is 1050. The van der Waals surface area contributed by atoms with Crippen LogP contribution in [-0.4, -0.2) is 59.4 Å². The summed E-state index contributed by atoms with van der Waals surface area (Å²) in [6.45, 7) is 12.2. The molecule has 2 aromatic carbocycles. The maximum absolute atomic E-state index is 13.3. The van der Waals surface area contributed by atoms with Gasteiger partial charge in [-0.2, -0.15) is 0 Å². The number of likely N-dealkylation sites (tertiary alicyclic amines) is 1. The Kier molecular flexibility index (Phi) is 10.8. The number of aliphatic hydroxyl groups is 1. The highest BCUT2D eigenvalue weighted by atomic mass is 16.5. The average molecular weight is 507 g/mol. The number of aliphatic hydroxyl groups excluding tert-OH is 1. The summed E-state index contributed by atoms with van der Waals surface area (Å²) in [5.41, 5.74) is 2.51. The van der Waals surface area contributed by atoms with Crippen molar-refractivity contribution in [2.45, 2.75) is 65.8 Å². The summed E-state index contributed by atoms with van der Waals surface area (Å²) in [5, 5.41) is 11.2. The van der Waals surface area contributed by atoms with Crippen LogP contribution in [0.1, 0.15) is 75.6 Å². The number of ketones is 1. The molecule has 1 saturated heterocycles. The summed E-state index contributed by atoms with van der Waals surface area (Å²) in [7, 11) is 0. The van der Waals surface area contributed by atoms with Crippen LogP contribution in [0.5, 0.6) is 5.75 Å². The predicted molar refractivity (Wildman–Crippen MR) is 149 cm³/mol. The van der Waals surface area contributed by atoms with E-state index in [0.29, 0.717) is 18.7 Å². The normalized spacial score (nSPS) is 17.1. The molecule has 0 unspecified atom stereocenters. The SMILES string of the molecule is CCCCN(CCCC)CCCN1C(=O)C(=O)C(=C(O)c2ccc(C)cc2)[C@@H]1c1ccc(OCC)cc1. The van der Waals surface area contributed by atoms with Gasteiger partial charge in [-0.05, 0) is 70.4 Å². The largest absolute Gasteiger partial charge is 0.507 e. The highest BCUT2D eigenvalue weighted by Crippen LogP contribution is 2.40. The molecule has 0 aromatic heterocycles. The highest BCUT2D eigenvalue weighted by molar-refractivity contribution is 6.46. The molecular weight excluding hydrogens is 464 g/mol. The monoisotopic (exact) mass is 506 g/mol. The van der Waals surface area contributed by atoms with E-state index in [2.05, 4.69) is 18.7 Å². The van der Waals surface area contributed by atoms with Gasteiger partial charge in [-0.3, -0.25) is 9.59 Å². The molecule has 3 rings (SSSR count). The van der Waals surface area contributed by atoms with Crippen LogP contribution in [-0.2, 0) is 9.59 Å². The Hall–Kier alpha value is -3.12. The number of nitrogens with zero attached hydrogens (tertiary/aromatic N) is 2. The number of amides is 1. The van der Waals surface area contributed by atoms with Crippen LogP contribution in [0.3, 0.4) is 0 Å². The molecule has 1 aliphatic heterocycles. The smallest absolute Gasteiger partial charge is 0.295 e. The molecule has 0 spiro atoms. The highest BCUT2D eigenvalue weighted by Gasteiger charge is 2.45. The number of hydrogen-bond donors (Lipinski definition) is 1. The quantitative estimate of drug-likeness (QED) is 0.190. The number of hydrogen-bond acceptors (Lipinski definition) is 5. The Balaban J connectivity index is 1.92. The van der Waals surface area contributed by atoms with Gasteiger partial charge in [0, 0.05) is 12.1 Å². The van der Waals surface area contributed by atoms with Gasteiger partial charge in [-0.1, -0.05) is 68.7 Å². The number of carbonyl (C=O) groups is 2. The Morgan fingerprint density at radius 1 is 0.892 bits per heavy atom. The number of Topliss-reactive ketones (excluding diaryl/α,β-unsaturated/α-hetero) is 1. The molecule has 0 saturated carbocycles. The second kappa shape index (κ2) is 14.0. The number of carbonyl (C=O) groups excluding carboxylic acids is 2. The second-order valence-electron chi connectivity index (χ2n) is 9.76. The van der Waals surface area contributed by atoms with Crippen LogP contribution in [0, 0.1) is 6.92 Å². The van der Waals surface area contributed by atoms with E-state index in [0.717, 1.165) is 68.6 Å². The van der Waals surface area contributed by atoms with Crippen LogP contribution in [0.4, 0.5) is 0 Å². The van der Waals surface area contributed by atoms with Gasteiger partial charge < -0.3 is 19.6 Å². The molecule has 1 atom stereocenters. The lowest BCUT2D eigenvalue weighted by atomic mass is 9.95. The fraction of sp³-hybridized carbons (Fsp3) is 0.484. The zero-order valence-corrected chi connectivity index (χ0v) is 22.8. The minimum atomic E-state index is -0.642. The summed E-state index contributed by atoms with van der Waals surface area (Å²) in [6.07, 6.45) is 5.36. The van der Waals surface area contributed by atoms with E-state index in [1.165, 1.54) is 0 Å². The average Bonchev–Trinajstić information content (AvgIpc) is 3.15. The van der Waals surface area contributed by atoms with Crippen molar-refractivity contribution in [2.24, 2.45) is 0 Å². The van der Waals surface area contributed by atoms with E-state index < -0.39 is 17.7 Å². The maximum Gasteiger partial charge on any atom is 0.295 e. The molecule has 1 heterocycles. The number of aryl methyl sites for hydroxylation is 1. The molecule has 1 fully saturated rings. The summed E-state index contributed by atoms with van der Waals surface area (Å²) < 4.78 is 5.59. The van der Waals surface area contributed by atoms with Gasteiger partial charge in [0.15, 0.2) is 0 Å². The topological polar surface area (TPSA) is 70.1 Å². The third kappa shape index (κ3) is 7.22. The van der Waals surface area contributed by atoms with Gasteiger partial charge >= 0.3 is 0 Å². The van der Waals surface area contributed by atoms with Gasteiger partial charge in [0.25, 0.3) is 11.7 Å². The van der Waals surface area contributed by atoms with Crippen LogP contribution in [0.2, 0.25) is 0 Å². The maximum atomic E-state index is 13.3. The van der Waals surface area contributed by atoms with Crippen LogP contribution in [0.25, 0.3) is 5.76 Å². The first-order valence-corrected chi connectivity index (χ1v) is 13.7. The number of unbranched alkanes of at least 4 members (excludes halogenated alkanes) is 2. The first-order chi connectivity index (χ1) is 17.9. The molecular formula is C31H42N2O4. The van der Waals surface area contributed by atoms with Crippen molar-refractivity contribution < 1.29 is 19.4 Å². The van der Waals surface area contributed by atoms with E-state index in [4.69, 9.17) is 4.74 Å². The molecule has 2 aromatic rings. The fourth-order valence-electron chi connectivity index (χ4n) is 4.80. The van der Waals surface area contributed by atoms with Gasteiger partial charge in [-0.15, -0.1) is 0 Å². The fourth-order valence-corrected chi connectivity index (χ4v) is 4.80. The van der Waals surface area contributed by atoms with Crippen molar-refractivity contribution in [3.8, 4) is 5.75 Å². The summed E-state index contributed by atoms with van der Waals surface area (Å²) in [6, 6.07) is 14.2. The van der Waals surface area contributed by atoms with E-state index in [1.807, 2.05) is 50.2 Å². The zero-order valence-electron chi connectivity index (χ0n) is 22.8. The van der Waals surface area contributed by atoms with Crippen molar-refractivity contribution in [1.29, 1.82) is 0 Å².